The van der Waals surface area contributed by atoms with E-state index in [2.05, 4.69) is 5.32 Å². The lowest BCUT2D eigenvalue weighted by Crippen LogP contribution is -2.16. The fourth-order valence-corrected chi connectivity index (χ4v) is 3.90. The number of fused-ring (bicyclic) bond motifs is 2. The fraction of sp³-hybridized carbons (Fsp3) is 0.158. The highest BCUT2D eigenvalue weighted by molar-refractivity contribution is 6.37. The second-order valence-corrected chi connectivity index (χ2v) is 7.29. The van der Waals surface area contributed by atoms with Crippen LogP contribution in [0.15, 0.2) is 36.4 Å². The largest absolute Gasteiger partial charge is 0.321 e. The lowest BCUT2D eigenvalue weighted by molar-refractivity contribution is 0.102. The standard InChI is InChI=1S/C19H13Cl3N2O/c20-10-4-6-16-13(8-10)18(12-2-1-3-15(12)23-16)19(25)24-17-7-5-11(21)9-14(17)22/h4-9H,1-3H2,(H,24,25). The summed E-state index contributed by atoms with van der Waals surface area (Å²) in [5.41, 5.74) is 3.91. The lowest BCUT2D eigenvalue weighted by atomic mass is 10.0. The fourth-order valence-electron chi connectivity index (χ4n) is 3.27. The SMILES string of the molecule is O=C(Nc1ccc(Cl)cc1Cl)c1c2c(nc3ccc(Cl)cc13)CCC2. The van der Waals surface area contributed by atoms with Crippen molar-refractivity contribution < 1.29 is 4.79 Å². The van der Waals surface area contributed by atoms with Gasteiger partial charge in [0.05, 0.1) is 21.8 Å². The Kier molecular flexibility index (Phi) is 4.32. The molecule has 0 aliphatic heterocycles. The molecular weight excluding hydrogens is 379 g/mol. The van der Waals surface area contributed by atoms with Crippen molar-refractivity contribution in [3.05, 3.63) is 68.3 Å². The number of nitrogens with zero attached hydrogens (tertiary/aromatic N) is 1. The third-order valence-electron chi connectivity index (χ3n) is 4.38. The Morgan fingerprint density at radius 1 is 1.00 bits per heavy atom. The number of carbonyl (C=O) groups is 1. The maximum Gasteiger partial charge on any atom is 0.256 e. The Morgan fingerprint density at radius 3 is 2.56 bits per heavy atom. The molecule has 4 rings (SSSR count). The second kappa shape index (κ2) is 6.49. The van der Waals surface area contributed by atoms with Crippen LogP contribution in [0.1, 0.15) is 28.0 Å². The van der Waals surface area contributed by atoms with E-state index in [9.17, 15) is 4.79 Å². The predicted octanol–water partition coefficient (Wildman–Crippen LogP) is 5.94. The van der Waals surface area contributed by atoms with Crippen molar-refractivity contribution in [1.82, 2.24) is 4.98 Å². The zero-order valence-corrected chi connectivity index (χ0v) is 15.3. The number of aromatic nitrogens is 1. The maximum absolute atomic E-state index is 13.1. The van der Waals surface area contributed by atoms with Crippen LogP contribution in [0, 0.1) is 0 Å². The number of pyridine rings is 1. The van der Waals surface area contributed by atoms with Crippen LogP contribution in [0.2, 0.25) is 15.1 Å². The van der Waals surface area contributed by atoms with Gasteiger partial charge >= 0.3 is 0 Å². The first-order chi connectivity index (χ1) is 12.0. The first kappa shape index (κ1) is 16.6. The highest BCUT2D eigenvalue weighted by atomic mass is 35.5. The topological polar surface area (TPSA) is 42.0 Å². The van der Waals surface area contributed by atoms with Gasteiger partial charge in [-0.1, -0.05) is 34.8 Å². The molecule has 0 saturated heterocycles. The first-order valence-electron chi connectivity index (χ1n) is 7.90. The summed E-state index contributed by atoms with van der Waals surface area (Å²) in [6.45, 7) is 0. The molecule has 1 N–H and O–H groups in total. The van der Waals surface area contributed by atoms with Gasteiger partial charge in [-0.2, -0.15) is 0 Å². The number of rotatable bonds is 2. The highest BCUT2D eigenvalue weighted by Gasteiger charge is 2.24. The zero-order chi connectivity index (χ0) is 17.6. The number of amides is 1. The number of nitrogens with one attached hydrogen (secondary N) is 1. The molecule has 3 aromatic rings. The van der Waals surface area contributed by atoms with E-state index in [1.54, 1.807) is 30.3 Å². The molecule has 3 nitrogen and oxygen atoms in total. The van der Waals surface area contributed by atoms with Crippen LogP contribution in [0.3, 0.4) is 0 Å². The molecule has 0 radical (unpaired) electrons. The Hall–Kier alpha value is -1.81. The van der Waals surface area contributed by atoms with E-state index in [1.807, 2.05) is 6.07 Å². The first-order valence-corrected chi connectivity index (χ1v) is 9.04. The normalized spacial score (nSPS) is 13.1. The minimum Gasteiger partial charge on any atom is -0.321 e. The molecule has 1 amide bonds. The van der Waals surface area contributed by atoms with Gasteiger partial charge in [0, 0.05) is 21.1 Å². The van der Waals surface area contributed by atoms with Crippen molar-refractivity contribution in [1.29, 1.82) is 0 Å². The summed E-state index contributed by atoms with van der Waals surface area (Å²) < 4.78 is 0. The van der Waals surface area contributed by atoms with Crippen LogP contribution in [0.4, 0.5) is 5.69 Å². The van der Waals surface area contributed by atoms with Crippen molar-refractivity contribution in [2.24, 2.45) is 0 Å². The van der Waals surface area contributed by atoms with Crippen LogP contribution in [0.25, 0.3) is 10.9 Å². The van der Waals surface area contributed by atoms with Crippen LogP contribution in [-0.4, -0.2) is 10.9 Å². The molecule has 6 heteroatoms. The van der Waals surface area contributed by atoms with E-state index in [1.165, 1.54) is 0 Å². The lowest BCUT2D eigenvalue weighted by Gasteiger charge is -2.14. The molecule has 0 saturated carbocycles. The highest BCUT2D eigenvalue weighted by Crippen LogP contribution is 2.33. The van der Waals surface area contributed by atoms with Gasteiger partial charge in [-0.25, -0.2) is 0 Å². The molecule has 1 aliphatic rings. The molecule has 2 aromatic carbocycles. The van der Waals surface area contributed by atoms with E-state index < -0.39 is 0 Å². The van der Waals surface area contributed by atoms with E-state index in [0.29, 0.717) is 26.3 Å². The third-order valence-corrected chi connectivity index (χ3v) is 5.16. The Balaban J connectivity index is 1.84. The molecule has 25 heavy (non-hydrogen) atoms. The molecule has 0 bridgehead atoms. The van der Waals surface area contributed by atoms with Gasteiger partial charge in [-0.05, 0) is 61.2 Å². The molecule has 0 spiro atoms. The van der Waals surface area contributed by atoms with Crippen molar-refractivity contribution in [3.8, 4) is 0 Å². The number of carbonyl (C=O) groups excluding carboxylic acids is 1. The van der Waals surface area contributed by atoms with E-state index >= 15 is 0 Å². The quantitative estimate of drug-likeness (QED) is 0.587. The summed E-state index contributed by atoms with van der Waals surface area (Å²) in [6.07, 6.45) is 2.71. The van der Waals surface area contributed by atoms with Gasteiger partial charge in [-0.15, -0.1) is 0 Å². The summed E-state index contributed by atoms with van der Waals surface area (Å²) in [7, 11) is 0. The molecular formula is C19H13Cl3N2O. The Bertz CT molecular complexity index is 1020. The average molecular weight is 392 g/mol. The van der Waals surface area contributed by atoms with E-state index in [4.69, 9.17) is 39.8 Å². The van der Waals surface area contributed by atoms with Crippen molar-refractivity contribution >= 4 is 57.3 Å². The monoisotopic (exact) mass is 390 g/mol. The average Bonchev–Trinajstić information content (AvgIpc) is 3.03. The molecule has 0 unspecified atom stereocenters. The summed E-state index contributed by atoms with van der Waals surface area (Å²) >= 11 is 18.3. The number of aryl methyl sites for hydroxylation is 1. The Morgan fingerprint density at radius 2 is 1.76 bits per heavy atom. The minimum atomic E-state index is -0.211. The van der Waals surface area contributed by atoms with Gasteiger partial charge in [0.2, 0.25) is 0 Å². The maximum atomic E-state index is 13.1. The van der Waals surface area contributed by atoms with Gasteiger partial charge in [0.25, 0.3) is 5.91 Å². The molecule has 1 aromatic heterocycles. The van der Waals surface area contributed by atoms with Gasteiger partial charge in [0.15, 0.2) is 0 Å². The minimum absolute atomic E-state index is 0.211. The number of halogens is 3. The van der Waals surface area contributed by atoms with Crippen LogP contribution in [0.5, 0.6) is 0 Å². The predicted molar refractivity (Wildman–Crippen MR) is 103 cm³/mol. The van der Waals surface area contributed by atoms with Gasteiger partial charge in [0.1, 0.15) is 0 Å². The van der Waals surface area contributed by atoms with E-state index in [-0.39, 0.29) is 5.91 Å². The summed E-state index contributed by atoms with van der Waals surface area (Å²) in [4.78, 5) is 17.8. The summed E-state index contributed by atoms with van der Waals surface area (Å²) in [5, 5.41) is 5.15. The van der Waals surface area contributed by atoms with Crippen molar-refractivity contribution in [3.63, 3.8) is 0 Å². The molecule has 126 valence electrons. The molecule has 0 atom stereocenters. The molecule has 0 fully saturated rings. The third kappa shape index (κ3) is 3.08. The Labute approximate surface area is 159 Å². The number of benzene rings is 2. The van der Waals surface area contributed by atoms with Crippen LogP contribution in [-0.2, 0) is 12.8 Å². The summed E-state index contributed by atoms with van der Waals surface area (Å²) in [6, 6.07) is 10.4. The smallest absolute Gasteiger partial charge is 0.256 e. The molecule has 1 heterocycles. The molecule has 1 aliphatic carbocycles. The zero-order valence-electron chi connectivity index (χ0n) is 13.1. The van der Waals surface area contributed by atoms with E-state index in [0.717, 1.165) is 41.4 Å². The van der Waals surface area contributed by atoms with Gasteiger partial charge in [-0.3, -0.25) is 9.78 Å². The number of hydrogen-bond donors (Lipinski definition) is 1. The second-order valence-electron chi connectivity index (χ2n) is 6.01. The van der Waals surface area contributed by atoms with Crippen LogP contribution < -0.4 is 5.32 Å². The number of anilines is 1. The van der Waals surface area contributed by atoms with Crippen molar-refractivity contribution in [2.75, 3.05) is 5.32 Å². The van der Waals surface area contributed by atoms with Gasteiger partial charge < -0.3 is 5.32 Å². The summed E-state index contributed by atoms with van der Waals surface area (Å²) in [5.74, 6) is -0.211. The number of hydrogen-bond acceptors (Lipinski definition) is 2. The van der Waals surface area contributed by atoms with Crippen molar-refractivity contribution in [2.45, 2.75) is 19.3 Å². The van der Waals surface area contributed by atoms with Crippen LogP contribution >= 0.6 is 34.8 Å².